The normalized spacial score (nSPS) is 11.4. The summed E-state index contributed by atoms with van der Waals surface area (Å²) in [7, 11) is 0. The molecule has 0 saturated heterocycles. The molecule has 0 saturated carbocycles. The van der Waals surface area contributed by atoms with Crippen LogP contribution in [-0.4, -0.2) is 15.5 Å². The van der Waals surface area contributed by atoms with Gasteiger partial charge in [0, 0.05) is 5.54 Å². The molecule has 0 amide bonds. The second kappa shape index (κ2) is 3.38. The highest BCUT2D eigenvalue weighted by molar-refractivity contribution is 6.32. The summed E-state index contributed by atoms with van der Waals surface area (Å²) in [5.41, 5.74) is -0.492. The summed E-state index contributed by atoms with van der Waals surface area (Å²) >= 11 is 5.73. The van der Waals surface area contributed by atoms with Crippen LogP contribution in [0.3, 0.4) is 0 Å². The van der Waals surface area contributed by atoms with Crippen LogP contribution in [-0.2, 0) is 0 Å². The molecule has 1 rings (SSSR count). The van der Waals surface area contributed by atoms with Gasteiger partial charge in [0.1, 0.15) is 5.02 Å². The zero-order chi connectivity index (χ0) is 10.1. The minimum Gasteiger partial charge on any atom is -0.364 e. The lowest BCUT2D eigenvalue weighted by atomic mass is 10.1. The molecule has 0 radical (unpaired) electrons. The fourth-order valence-electron chi connectivity index (χ4n) is 0.825. The van der Waals surface area contributed by atoms with E-state index in [4.69, 9.17) is 11.6 Å². The highest BCUT2D eigenvalue weighted by atomic mass is 35.5. The number of hydrogen-bond acceptors (Lipinski definition) is 3. The Bertz CT molecular complexity index is 353. The number of aromatic nitrogens is 2. The molecule has 0 aliphatic rings. The third kappa shape index (κ3) is 2.73. The monoisotopic (exact) mass is 201 g/mol. The van der Waals surface area contributed by atoms with Crippen molar-refractivity contribution in [3.05, 3.63) is 21.7 Å². The summed E-state index contributed by atoms with van der Waals surface area (Å²) in [6, 6.07) is 0. The van der Waals surface area contributed by atoms with Crippen LogP contribution in [0, 0.1) is 0 Å². The van der Waals surface area contributed by atoms with E-state index in [0.717, 1.165) is 0 Å². The molecule has 72 valence electrons. The topological polar surface area (TPSA) is 57.8 Å². The van der Waals surface area contributed by atoms with Crippen molar-refractivity contribution < 1.29 is 0 Å². The third-order valence-electron chi connectivity index (χ3n) is 1.29. The third-order valence-corrected chi connectivity index (χ3v) is 1.64. The zero-order valence-corrected chi connectivity index (χ0v) is 8.57. The van der Waals surface area contributed by atoms with Crippen LogP contribution in [0.25, 0.3) is 0 Å². The van der Waals surface area contributed by atoms with E-state index < -0.39 is 0 Å². The summed E-state index contributed by atoms with van der Waals surface area (Å²) in [5, 5.41) is 3.12. The number of anilines is 1. The molecule has 0 atom stereocenters. The maximum Gasteiger partial charge on any atom is 0.271 e. The standard InChI is InChI=1S/C8H12ClN3O/c1-8(2,3)12-6-5(9)7(13)11-4-10-6/h4H,1-3H3,(H2,10,11,12,13). The summed E-state index contributed by atoms with van der Waals surface area (Å²) in [4.78, 5) is 17.4. The van der Waals surface area contributed by atoms with E-state index in [0.29, 0.717) is 5.82 Å². The smallest absolute Gasteiger partial charge is 0.271 e. The fourth-order valence-corrected chi connectivity index (χ4v) is 0.976. The lowest BCUT2D eigenvalue weighted by Gasteiger charge is -2.21. The molecular weight excluding hydrogens is 190 g/mol. The number of halogens is 1. The molecule has 0 spiro atoms. The van der Waals surface area contributed by atoms with Gasteiger partial charge in [0.05, 0.1) is 6.33 Å². The molecule has 13 heavy (non-hydrogen) atoms. The average molecular weight is 202 g/mol. The van der Waals surface area contributed by atoms with Crippen molar-refractivity contribution in [1.29, 1.82) is 0 Å². The highest BCUT2D eigenvalue weighted by Gasteiger charge is 2.13. The minimum atomic E-state index is -0.330. The van der Waals surface area contributed by atoms with Crippen molar-refractivity contribution in [2.24, 2.45) is 0 Å². The van der Waals surface area contributed by atoms with Gasteiger partial charge in [0.15, 0.2) is 5.82 Å². The Hall–Kier alpha value is -1.03. The van der Waals surface area contributed by atoms with Crippen molar-refractivity contribution in [3.8, 4) is 0 Å². The van der Waals surface area contributed by atoms with E-state index in [1.165, 1.54) is 6.33 Å². The Labute approximate surface area is 81.3 Å². The first kappa shape index (κ1) is 10.1. The van der Waals surface area contributed by atoms with Gasteiger partial charge in [0.25, 0.3) is 5.56 Å². The Kier molecular flexibility index (Phi) is 2.61. The number of hydrogen-bond donors (Lipinski definition) is 2. The SMILES string of the molecule is CC(C)(C)Nc1nc[nH]c(=O)c1Cl. The van der Waals surface area contributed by atoms with E-state index in [2.05, 4.69) is 15.3 Å². The molecule has 2 N–H and O–H groups in total. The zero-order valence-electron chi connectivity index (χ0n) is 7.81. The van der Waals surface area contributed by atoms with Crippen molar-refractivity contribution in [1.82, 2.24) is 9.97 Å². The summed E-state index contributed by atoms with van der Waals surface area (Å²) < 4.78 is 0. The molecule has 0 aliphatic heterocycles. The first-order valence-corrected chi connectivity index (χ1v) is 4.29. The minimum absolute atomic E-state index is 0.0948. The molecule has 4 nitrogen and oxygen atoms in total. The van der Waals surface area contributed by atoms with Crippen LogP contribution in [0.15, 0.2) is 11.1 Å². The van der Waals surface area contributed by atoms with E-state index in [-0.39, 0.29) is 16.1 Å². The maximum absolute atomic E-state index is 11.1. The first-order valence-electron chi connectivity index (χ1n) is 3.91. The number of H-pyrrole nitrogens is 1. The molecular formula is C8H12ClN3O. The lowest BCUT2D eigenvalue weighted by molar-refractivity contribution is 0.630. The van der Waals surface area contributed by atoms with Gasteiger partial charge in [0.2, 0.25) is 0 Å². The Balaban J connectivity index is 3.03. The fraction of sp³-hybridized carbons (Fsp3) is 0.500. The second-order valence-corrected chi connectivity index (χ2v) is 4.15. The molecule has 0 unspecified atom stereocenters. The molecule has 5 heteroatoms. The van der Waals surface area contributed by atoms with Gasteiger partial charge >= 0.3 is 0 Å². The van der Waals surface area contributed by atoms with Crippen LogP contribution in [0.4, 0.5) is 5.82 Å². The van der Waals surface area contributed by atoms with Gasteiger partial charge in [-0.2, -0.15) is 0 Å². The van der Waals surface area contributed by atoms with E-state index in [1.807, 2.05) is 20.8 Å². The quantitative estimate of drug-likeness (QED) is 0.726. The summed E-state index contributed by atoms with van der Waals surface area (Å²) in [6.45, 7) is 5.89. The number of nitrogens with one attached hydrogen (secondary N) is 2. The highest BCUT2D eigenvalue weighted by Crippen LogP contribution is 2.17. The van der Waals surface area contributed by atoms with E-state index >= 15 is 0 Å². The maximum atomic E-state index is 11.1. The van der Waals surface area contributed by atoms with Crippen LogP contribution >= 0.6 is 11.6 Å². The Morgan fingerprint density at radius 3 is 2.69 bits per heavy atom. The van der Waals surface area contributed by atoms with Crippen molar-refractivity contribution >= 4 is 17.4 Å². The molecule has 0 fully saturated rings. The van der Waals surface area contributed by atoms with Crippen LogP contribution in [0.5, 0.6) is 0 Å². The van der Waals surface area contributed by atoms with Gasteiger partial charge in [-0.3, -0.25) is 4.79 Å². The largest absolute Gasteiger partial charge is 0.364 e. The molecule has 0 bridgehead atoms. The summed E-state index contributed by atoms with van der Waals surface area (Å²) in [5.74, 6) is 0.415. The van der Waals surface area contributed by atoms with Crippen molar-refractivity contribution in [3.63, 3.8) is 0 Å². The van der Waals surface area contributed by atoms with Crippen LogP contribution in [0.1, 0.15) is 20.8 Å². The van der Waals surface area contributed by atoms with Crippen LogP contribution < -0.4 is 10.9 Å². The average Bonchev–Trinajstić information content (AvgIpc) is 1.96. The molecule has 1 aromatic heterocycles. The summed E-state index contributed by atoms with van der Waals surface area (Å²) in [6.07, 6.45) is 1.32. The Morgan fingerprint density at radius 1 is 1.54 bits per heavy atom. The van der Waals surface area contributed by atoms with Crippen molar-refractivity contribution in [2.75, 3.05) is 5.32 Å². The first-order chi connectivity index (χ1) is 5.90. The predicted octanol–water partition coefficient (Wildman–Crippen LogP) is 1.63. The van der Waals surface area contributed by atoms with Gasteiger partial charge < -0.3 is 10.3 Å². The van der Waals surface area contributed by atoms with E-state index in [9.17, 15) is 4.79 Å². The molecule has 0 aromatic carbocycles. The Morgan fingerprint density at radius 2 is 2.15 bits per heavy atom. The molecule has 1 heterocycles. The molecule has 0 aliphatic carbocycles. The molecule has 1 aromatic rings. The predicted molar refractivity (Wildman–Crippen MR) is 53.2 cm³/mol. The van der Waals surface area contributed by atoms with Gasteiger partial charge in [-0.1, -0.05) is 11.6 Å². The lowest BCUT2D eigenvalue weighted by Crippen LogP contribution is -2.28. The number of rotatable bonds is 1. The van der Waals surface area contributed by atoms with Gasteiger partial charge in [-0.25, -0.2) is 4.98 Å². The number of nitrogens with zero attached hydrogens (tertiary/aromatic N) is 1. The van der Waals surface area contributed by atoms with Gasteiger partial charge in [-0.05, 0) is 20.8 Å². The number of aromatic amines is 1. The van der Waals surface area contributed by atoms with Crippen LogP contribution in [0.2, 0.25) is 5.02 Å². The van der Waals surface area contributed by atoms with Crippen molar-refractivity contribution in [2.45, 2.75) is 26.3 Å². The second-order valence-electron chi connectivity index (χ2n) is 3.77. The van der Waals surface area contributed by atoms with E-state index in [1.54, 1.807) is 0 Å². The van der Waals surface area contributed by atoms with Gasteiger partial charge in [-0.15, -0.1) is 0 Å².